The third-order valence-electron chi connectivity index (χ3n) is 8.85. The van der Waals surface area contributed by atoms with Crippen LogP contribution in [0, 0.1) is 28.6 Å². The summed E-state index contributed by atoms with van der Waals surface area (Å²) in [7, 11) is 0. The van der Waals surface area contributed by atoms with E-state index in [1.54, 1.807) is 6.92 Å². The summed E-state index contributed by atoms with van der Waals surface area (Å²) >= 11 is 0. The molecular weight excluding hydrogens is 546 g/mol. The summed E-state index contributed by atoms with van der Waals surface area (Å²) in [6.07, 6.45) is 11.4. The molecule has 0 saturated heterocycles. The van der Waals surface area contributed by atoms with Crippen LogP contribution in [0.1, 0.15) is 95.1 Å². The second-order valence-corrected chi connectivity index (χ2v) is 12.0. The Bertz CT molecular complexity index is 1080. The van der Waals surface area contributed by atoms with E-state index in [-0.39, 0.29) is 48.0 Å². The zero-order valence-corrected chi connectivity index (χ0v) is 25.6. The van der Waals surface area contributed by atoms with Gasteiger partial charge in [-0.15, -0.1) is 0 Å². The molecule has 0 aliphatic heterocycles. The zero-order valence-electron chi connectivity index (χ0n) is 25.6. The SMILES string of the molecule is CCOC(=O)C(CCCNC(=N)N)NC(=O)[C@@H](NC(=O)[C@@H](Cc1ccc(C(=N)N)cc1)C1CCCCC1)C1CCCCC1. The van der Waals surface area contributed by atoms with Crippen molar-refractivity contribution in [3.63, 3.8) is 0 Å². The van der Waals surface area contributed by atoms with E-state index in [1.807, 2.05) is 24.3 Å². The van der Waals surface area contributed by atoms with Crippen LogP contribution < -0.4 is 27.4 Å². The number of carbonyl (C=O) groups is 3. The lowest BCUT2D eigenvalue weighted by atomic mass is 9.76. The van der Waals surface area contributed by atoms with Gasteiger partial charge in [0.1, 0.15) is 17.9 Å². The third kappa shape index (κ3) is 10.9. The van der Waals surface area contributed by atoms with Crippen molar-refractivity contribution in [2.75, 3.05) is 13.2 Å². The van der Waals surface area contributed by atoms with Gasteiger partial charge in [0, 0.05) is 18.0 Å². The summed E-state index contributed by atoms with van der Waals surface area (Å²) in [6.45, 7) is 2.30. The number of rotatable bonds is 15. The van der Waals surface area contributed by atoms with Crippen molar-refractivity contribution in [3.05, 3.63) is 35.4 Å². The van der Waals surface area contributed by atoms with Crippen molar-refractivity contribution >= 4 is 29.6 Å². The second-order valence-electron chi connectivity index (χ2n) is 12.0. The van der Waals surface area contributed by atoms with E-state index < -0.39 is 18.1 Å². The summed E-state index contributed by atoms with van der Waals surface area (Å²) in [5.41, 5.74) is 12.6. The van der Waals surface area contributed by atoms with E-state index in [0.29, 0.717) is 31.4 Å². The predicted molar refractivity (Wildman–Crippen MR) is 167 cm³/mol. The summed E-state index contributed by atoms with van der Waals surface area (Å²) in [6, 6.07) is 5.87. The molecule has 2 aliphatic rings. The molecule has 3 rings (SSSR count). The monoisotopic (exact) mass is 597 g/mol. The Morgan fingerprint density at radius 1 is 0.884 bits per heavy atom. The molecule has 2 fully saturated rings. The Kier molecular flexibility index (Phi) is 13.8. The molecule has 0 heterocycles. The van der Waals surface area contributed by atoms with Gasteiger partial charge < -0.3 is 32.2 Å². The topological polar surface area (TPSA) is 196 Å². The molecule has 11 nitrogen and oxygen atoms in total. The zero-order chi connectivity index (χ0) is 31.2. The lowest BCUT2D eigenvalue weighted by molar-refractivity contribution is -0.148. The first kappa shape index (κ1) is 33.9. The number of carbonyl (C=O) groups excluding carboxylic acids is 3. The maximum atomic E-state index is 14.1. The van der Waals surface area contributed by atoms with E-state index in [1.165, 1.54) is 6.42 Å². The van der Waals surface area contributed by atoms with Gasteiger partial charge in [-0.05, 0) is 69.3 Å². The summed E-state index contributed by atoms with van der Waals surface area (Å²) in [4.78, 5) is 40.7. The first-order chi connectivity index (χ1) is 20.7. The van der Waals surface area contributed by atoms with Crippen molar-refractivity contribution in [1.29, 1.82) is 10.8 Å². The highest BCUT2D eigenvalue weighted by Gasteiger charge is 2.37. The maximum Gasteiger partial charge on any atom is 0.328 e. The largest absolute Gasteiger partial charge is 0.464 e. The van der Waals surface area contributed by atoms with Crippen LogP contribution in [0.5, 0.6) is 0 Å². The standard InChI is InChI=1S/C32H51N7O4/c1-2-43-31(42)26(14-9-19-37-32(35)36)38-30(41)27(23-12-7-4-8-13-23)39-29(40)25(22-10-5-3-6-11-22)20-21-15-17-24(18-16-21)28(33)34/h15-18,22-23,25-27H,2-14,19-20H2,1H3,(H3,33,34)(H,38,41)(H,39,40)(H4,35,36,37)/t25-,26?,27-/m0/s1. The fourth-order valence-corrected chi connectivity index (χ4v) is 6.49. The number of nitrogens with one attached hydrogen (secondary N) is 5. The van der Waals surface area contributed by atoms with Gasteiger partial charge in [-0.1, -0.05) is 62.8 Å². The molecule has 1 unspecified atom stereocenters. The number of amides is 2. The van der Waals surface area contributed by atoms with Crippen LogP contribution in [0.2, 0.25) is 0 Å². The molecule has 2 aliphatic carbocycles. The molecule has 0 radical (unpaired) electrons. The van der Waals surface area contributed by atoms with Crippen molar-refractivity contribution in [2.45, 2.75) is 102 Å². The summed E-state index contributed by atoms with van der Waals surface area (Å²) in [5, 5.41) is 23.8. The first-order valence-electron chi connectivity index (χ1n) is 16.0. The lowest BCUT2D eigenvalue weighted by Crippen LogP contribution is -2.56. The van der Waals surface area contributed by atoms with Crippen molar-refractivity contribution in [2.24, 2.45) is 29.2 Å². The second kappa shape index (κ2) is 17.5. The van der Waals surface area contributed by atoms with Crippen LogP contribution in [-0.4, -0.2) is 54.8 Å². The number of ether oxygens (including phenoxy) is 1. The highest BCUT2D eigenvalue weighted by atomic mass is 16.5. The molecule has 43 heavy (non-hydrogen) atoms. The number of hydrogen-bond donors (Lipinski definition) is 7. The average molecular weight is 598 g/mol. The van der Waals surface area contributed by atoms with E-state index in [9.17, 15) is 14.4 Å². The number of hydrogen-bond acceptors (Lipinski definition) is 6. The van der Waals surface area contributed by atoms with Crippen LogP contribution >= 0.6 is 0 Å². The van der Waals surface area contributed by atoms with Gasteiger partial charge in [0.15, 0.2) is 5.96 Å². The number of nitrogen functional groups attached to an aromatic ring is 1. The van der Waals surface area contributed by atoms with E-state index in [0.717, 1.165) is 63.4 Å². The predicted octanol–water partition coefficient (Wildman–Crippen LogP) is 3.09. The van der Waals surface area contributed by atoms with Crippen LogP contribution in [0.15, 0.2) is 24.3 Å². The maximum absolute atomic E-state index is 14.1. The Morgan fingerprint density at radius 3 is 2.05 bits per heavy atom. The molecule has 0 bridgehead atoms. The van der Waals surface area contributed by atoms with Gasteiger partial charge in [-0.2, -0.15) is 0 Å². The average Bonchev–Trinajstić information content (AvgIpc) is 3.01. The molecule has 11 heteroatoms. The number of benzene rings is 1. The molecule has 2 amide bonds. The van der Waals surface area contributed by atoms with Gasteiger partial charge in [0.2, 0.25) is 11.8 Å². The molecule has 1 aromatic rings. The quantitative estimate of drug-likeness (QED) is 0.0698. The lowest BCUT2D eigenvalue weighted by Gasteiger charge is -2.34. The van der Waals surface area contributed by atoms with E-state index in [4.69, 9.17) is 27.0 Å². The van der Waals surface area contributed by atoms with Gasteiger partial charge in [-0.3, -0.25) is 20.4 Å². The number of amidine groups is 1. The fraction of sp³-hybridized carbons (Fsp3) is 0.656. The minimum absolute atomic E-state index is 0.00528. The Labute approximate surface area is 255 Å². The molecule has 2 saturated carbocycles. The molecule has 238 valence electrons. The number of nitrogens with two attached hydrogens (primary N) is 2. The van der Waals surface area contributed by atoms with E-state index in [2.05, 4.69) is 16.0 Å². The molecule has 3 atom stereocenters. The number of esters is 1. The highest BCUT2D eigenvalue weighted by Crippen LogP contribution is 2.33. The van der Waals surface area contributed by atoms with Crippen LogP contribution in [0.4, 0.5) is 0 Å². The Balaban J connectivity index is 1.79. The molecule has 0 spiro atoms. The minimum Gasteiger partial charge on any atom is -0.464 e. The molecule has 9 N–H and O–H groups in total. The van der Waals surface area contributed by atoms with Crippen molar-refractivity contribution in [1.82, 2.24) is 16.0 Å². The Morgan fingerprint density at radius 2 is 1.49 bits per heavy atom. The molecule has 0 aromatic heterocycles. The molecular formula is C32H51N7O4. The van der Waals surface area contributed by atoms with Gasteiger partial charge in [0.25, 0.3) is 0 Å². The molecule has 1 aromatic carbocycles. The van der Waals surface area contributed by atoms with Crippen LogP contribution in [0.3, 0.4) is 0 Å². The van der Waals surface area contributed by atoms with Gasteiger partial charge in [-0.25, -0.2) is 4.79 Å². The smallest absolute Gasteiger partial charge is 0.328 e. The summed E-state index contributed by atoms with van der Waals surface area (Å²) in [5.74, 6) is -1.22. The number of guanidine groups is 1. The summed E-state index contributed by atoms with van der Waals surface area (Å²) < 4.78 is 5.25. The van der Waals surface area contributed by atoms with Crippen LogP contribution in [0.25, 0.3) is 0 Å². The fourth-order valence-electron chi connectivity index (χ4n) is 6.49. The van der Waals surface area contributed by atoms with Crippen molar-refractivity contribution < 1.29 is 19.1 Å². The van der Waals surface area contributed by atoms with E-state index >= 15 is 0 Å². The third-order valence-corrected chi connectivity index (χ3v) is 8.85. The highest BCUT2D eigenvalue weighted by molar-refractivity contribution is 5.95. The van der Waals surface area contributed by atoms with Crippen molar-refractivity contribution in [3.8, 4) is 0 Å². The minimum atomic E-state index is -0.863. The van der Waals surface area contributed by atoms with Gasteiger partial charge >= 0.3 is 5.97 Å². The van der Waals surface area contributed by atoms with Crippen LogP contribution in [-0.2, 0) is 25.5 Å². The normalized spacial score (nSPS) is 18.1. The van der Waals surface area contributed by atoms with Gasteiger partial charge in [0.05, 0.1) is 6.61 Å². The first-order valence-corrected chi connectivity index (χ1v) is 16.0. The Hall–Kier alpha value is -3.63.